The molecule has 5 heteroatoms. The molecule has 0 saturated heterocycles. The SMILES string of the molecule is CCC(C)C(C)Nc1ccc([N+](=O)[O-])c(OC)c1. The van der Waals surface area contributed by atoms with Crippen LogP contribution in [0.15, 0.2) is 18.2 Å². The Hall–Kier alpha value is -1.78. The Morgan fingerprint density at radius 3 is 2.61 bits per heavy atom. The molecule has 0 amide bonds. The Bertz CT molecular complexity index is 421. The van der Waals surface area contributed by atoms with Crippen molar-refractivity contribution in [1.29, 1.82) is 0 Å². The molecule has 100 valence electrons. The Morgan fingerprint density at radius 2 is 2.11 bits per heavy atom. The number of nitrogens with one attached hydrogen (secondary N) is 1. The molecule has 18 heavy (non-hydrogen) atoms. The molecule has 1 rings (SSSR count). The molecule has 0 bridgehead atoms. The summed E-state index contributed by atoms with van der Waals surface area (Å²) in [7, 11) is 1.43. The van der Waals surface area contributed by atoms with E-state index in [1.807, 2.05) is 0 Å². The van der Waals surface area contributed by atoms with E-state index in [1.165, 1.54) is 13.2 Å². The fourth-order valence-corrected chi connectivity index (χ4v) is 1.68. The Morgan fingerprint density at radius 1 is 1.44 bits per heavy atom. The van der Waals surface area contributed by atoms with Crippen LogP contribution in [0.1, 0.15) is 27.2 Å². The predicted molar refractivity (Wildman–Crippen MR) is 72.2 cm³/mol. The molecule has 0 aliphatic heterocycles. The van der Waals surface area contributed by atoms with Gasteiger partial charge in [0.05, 0.1) is 12.0 Å². The van der Waals surface area contributed by atoms with Crippen LogP contribution in [0.2, 0.25) is 0 Å². The van der Waals surface area contributed by atoms with Gasteiger partial charge in [-0.1, -0.05) is 20.3 Å². The van der Waals surface area contributed by atoms with Gasteiger partial charge in [0.2, 0.25) is 0 Å². The third-order valence-electron chi connectivity index (χ3n) is 3.27. The highest BCUT2D eigenvalue weighted by molar-refractivity contribution is 5.58. The highest BCUT2D eigenvalue weighted by atomic mass is 16.6. The van der Waals surface area contributed by atoms with Crippen LogP contribution in [0.4, 0.5) is 11.4 Å². The van der Waals surface area contributed by atoms with Gasteiger partial charge in [-0.3, -0.25) is 10.1 Å². The summed E-state index contributed by atoms with van der Waals surface area (Å²) in [6, 6.07) is 5.14. The van der Waals surface area contributed by atoms with Gasteiger partial charge >= 0.3 is 5.69 Å². The first-order chi connectivity index (χ1) is 8.49. The van der Waals surface area contributed by atoms with Crippen molar-refractivity contribution in [3.63, 3.8) is 0 Å². The lowest BCUT2D eigenvalue weighted by Crippen LogP contribution is -2.23. The van der Waals surface area contributed by atoms with E-state index in [0.717, 1.165) is 12.1 Å². The number of nitro groups is 1. The minimum atomic E-state index is -0.444. The molecule has 0 spiro atoms. The Kier molecular flexibility index (Phi) is 4.95. The quantitative estimate of drug-likeness (QED) is 0.622. The van der Waals surface area contributed by atoms with Gasteiger partial charge in [-0.25, -0.2) is 0 Å². The number of rotatable bonds is 6. The predicted octanol–water partition coefficient (Wildman–Crippen LogP) is 3.45. The van der Waals surface area contributed by atoms with Crippen molar-refractivity contribution in [2.45, 2.75) is 33.2 Å². The highest BCUT2D eigenvalue weighted by Gasteiger charge is 2.16. The third-order valence-corrected chi connectivity index (χ3v) is 3.27. The monoisotopic (exact) mass is 252 g/mol. The van der Waals surface area contributed by atoms with E-state index in [4.69, 9.17) is 4.74 Å². The third kappa shape index (κ3) is 3.35. The Balaban J connectivity index is 2.89. The summed E-state index contributed by atoms with van der Waals surface area (Å²) >= 11 is 0. The van der Waals surface area contributed by atoms with Crippen LogP contribution >= 0.6 is 0 Å². The number of nitro benzene ring substituents is 1. The number of nitrogens with zero attached hydrogens (tertiary/aromatic N) is 1. The van der Waals surface area contributed by atoms with Crippen molar-refractivity contribution in [3.8, 4) is 5.75 Å². The minimum Gasteiger partial charge on any atom is -0.490 e. The molecule has 0 saturated carbocycles. The minimum absolute atomic E-state index is 0.0146. The van der Waals surface area contributed by atoms with Gasteiger partial charge in [-0.15, -0.1) is 0 Å². The molecule has 1 aromatic carbocycles. The van der Waals surface area contributed by atoms with Crippen LogP contribution in [0.3, 0.4) is 0 Å². The molecular weight excluding hydrogens is 232 g/mol. The molecule has 2 unspecified atom stereocenters. The zero-order valence-corrected chi connectivity index (χ0v) is 11.3. The molecule has 5 nitrogen and oxygen atoms in total. The van der Waals surface area contributed by atoms with Crippen LogP contribution in [0, 0.1) is 16.0 Å². The van der Waals surface area contributed by atoms with Gasteiger partial charge in [0.15, 0.2) is 5.75 Å². The van der Waals surface area contributed by atoms with Crippen molar-refractivity contribution >= 4 is 11.4 Å². The molecule has 1 aromatic rings. The highest BCUT2D eigenvalue weighted by Crippen LogP contribution is 2.30. The second-order valence-corrected chi connectivity index (χ2v) is 4.46. The smallest absolute Gasteiger partial charge is 0.311 e. The second-order valence-electron chi connectivity index (χ2n) is 4.46. The van der Waals surface area contributed by atoms with Gasteiger partial charge < -0.3 is 10.1 Å². The Labute approximate surface area is 107 Å². The van der Waals surface area contributed by atoms with Crippen molar-refractivity contribution in [3.05, 3.63) is 28.3 Å². The summed E-state index contributed by atoms with van der Waals surface area (Å²) < 4.78 is 5.03. The van der Waals surface area contributed by atoms with E-state index in [0.29, 0.717) is 12.0 Å². The topological polar surface area (TPSA) is 64.4 Å². The van der Waals surface area contributed by atoms with Crippen LogP contribution in [0.5, 0.6) is 5.75 Å². The van der Waals surface area contributed by atoms with Crippen LogP contribution in [-0.4, -0.2) is 18.1 Å². The molecule has 0 aliphatic rings. The molecular formula is C13H20N2O3. The van der Waals surface area contributed by atoms with E-state index < -0.39 is 4.92 Å². The first kappa shape index (κ1) is 14.3. The summed E-state index contributed by atoms with van der Waals surface area (Å²) in [5, 5.41) is 14.1. The summed E-state index contributed by atoms with van der Waals surface area (Å²) in [6.45, 7) is 6.40. The first-order valence-corrected chi connectivity index (χ1v) is 6.08. The molecule has 0 radical (unpaired) electrons. The largest absolute Gasteiger partial charge is 0.490 e. The second kappa shape index (κ2) is 6.23. The maximum atomic E-state index is 10.8. The first-order valence-electron chi connectivity index (χ1n) is 6.08. The molecule has 1 N–H and O–H groups in total. The van der Waals surface area contributed by atoms with Crippen LogP contribution in [-0.2, 0) is 0 Å². The van der Waals surface area contributed by atoms with Gasteiger partial charge in [0.25, 0.3) is 0 Å². The van der Waals surface area contributed by atoms with E-state index in [1.54, 1.807) is 12.1 Å². The lowest BCUT2D eigenvalue weighted by Gasteiger charge is -2.21. The lowest BCUT2D eigenvalue weighted by molar-refractivity contribution is -0.385. The summed E-state index contributed by atoms with van der Waals surface area (Å²) in [5.74, 6) is 0.813. The summed E-state index contributed by atoms with van der Waals surface area (Å²) in [4.78, 5) is 10.3. The zero-order valence-electron chi connectivity index (χ0n) is 11.3. The van der Waals surface area contributed by atoms with Crippen LogP contribution in [0.25, 0.3) is 0 Å². The van der Waals surface area contributed by atoms with Crippen molar-refractivity contribution in [2.75, 3.05) is 12.4 Å². The number of methoxy groups -OCH3 is 1. The molecule has 2 atom stereocenters. The van der Waals surface area contributed by atoms with Gasteiger partial charge in [-0.2, -0.15) is 0 Å². The number of ether oxygens (including phenoxy) is 1. The zero-order chi connectivity index (χ0) is 13.7. The van der Waals surface area contributed by atoms with Gasteiger partial charge in [0, 0.05) is 23.9 Å². The average molecular weight is 252 g/mol. The molecule has 0 aliphatic carbocycles. The number of hydrogen-bond acceptors (Lipinski definition) is 4. The van der Waals surface area contributed by atoms with Crippen molar-refractivity contribution in [1.82, 2.24) is 0 Å². The van der Waals surface area contributed by atoms with Crippen molar-refractivity contribution < 1.29 is 9.66 Å². The summed E-state index contributed by atoms with van der Waals surface area (Å²) in [5.41, 5.74) is 0.824. The average Bonchev–Trinajstić information content (AvgIpc) is 2.37. The van der Waals surface area contributed by atoms with Gasteiger partial charge in [-0.05, 0) is 18.9 Å². The van der Waals surface area contributed by atoms with E-state index in [9.17, 15) is 10.1 Å². The normalized spacial score (nSPS) is 13.8. The maximum absolute atomic E-state index is 10.8. The molecule has 0 fully saturated rings. The lowest BCUT2D eigenvalue weighted by atomic mass is 10.0. The maximum Gasteiger partial charge on any atom is 0.311 e. The van der Waals surface area contributed by atoms with E-state index in [2.05, 4.69) is 26.1 Å². The van der Waals surface area contributed by atoms with E-state index in [-0.39, 0.29) is 11.4 Å². The summed E-state index contributed by atoms with van der Waals surface area (Å²) in [6.07, 6.45) is 1.08. The fraction of sp³-hybridized carbons (Fsp3) is 0.538. The number of anilines is 1. The fourth-order valence-electron chi connectivity index (χ4n) is 1.68. The van der Waals surface area contributed by atoms with Gasteiger partial charge in [0.1, 0.15) is 0 Å². The number of benzene rings is 1. The molecule has 0 aromatic heterocycles. The standard InChI is InChI=1S/C13H20N2O3/c1-5-9(2)10(3)14-11-6-7-12(15(16)17)13(8-11)18-4/h6-10,14H,5H2,1-4H3. The molecule has 0 heterocycles. The van der Waals surface area contributed by atoms with Crippen LogP contribution < -0.4 is 10.1 Å². The number of hydrogen-bond donors (Lipinski definition) is 1. The van der Waals surface area contributed by atoms with E-state index >= 15 is 0 Å². The van der Waals surface area contributed by atoms with Crippen molar-refractivity contribution in [2.24, 2.45) is 5.92 Å².